The molecule has 0 radical (unpaired) electrons. The first-order chi connectivity index (χ1) is 14.1. The summed E-state index contributed by atoms with van der Waals surface area (Å²) < 4.78 is 0. The molecule has 2 aromatic carbocycles. The Kier molecular flexibility index (Phi) is 4.43. The molecule has 5 heteroatoms. The van der Waals surface area contributed by atoms with Crippen molar-refractivity contribution in [2.75, 3.05) is 0 Å². The first-order valence-electron chi connectivity index (χ1n) is 9.04. The molecule has 5 nitrogen and oxygen atoms in total. The van der Waals surface area contributed by atoms with Crippen LogP contribution in [0.5, 0.6) is 0 Å². The van der Waals surface area contributed by atoms with Crippen LogP contribution in [0.25, 0.3) is 11.1 Å². The molecule has 0 fully saturated rings. The van der Waals surface area contributed by atoms with Crippen molar-refractivity contribution in [3.8, 4) is 12.1 Å². The van der Waals surface area contributed by atoms with Crippen molar-refractivity contribution < 1.29 is 4.92 Å². The highest BCUT2D eigenvalue weighted by Crippen LogP contribution is 2.52. The molecule has 0 amide bonds. The number of nitrogens with zero attached hydrogens (tertiary/aromatic N) is 3. The van der Waals surface area contributed by atoms with Crippen LogP contribution in [0, 0.1) is 44.1 Å². The van der Waals surface area contributed by atoms with Crippen LogP contribution in [0.1, 0.15) is 11.1 Å². The average molecular weight is 377 g/mol. The summed E-state index contributed by atoms with van der Waals surface area (Å²) in [5.41, 5.74) is 2.87. The number of hydrogen-bond donors (Lipinski definition) is 0. The van der Waals surface area contributed by atoms with Gasteiger partial charge in [-0.1, -0.05) is 60.7 Å². The summed E-state index contributed by atoms with van der Waals surface area (Å²) >= 11 is 0. The van der Waals surface area contributed by atoms with E-state index in [2.05, 4.69) is 12.1 Å². The molecule has 0 spiro atoms. The molecule has 0 heterocycles. The average Bonchev–Trinajstić information content (AvgIpc) is 2.92. The summed E-state index contributed by atoms with van der Waals surface area (Å²) in [6, 6.07) is 20.3. The zero-order valence-electron chi connectivity index (χ0n) is 15.3. The Bertz CT molecular complexity index is 1170. The lowest BCUT2D eigenvalue weighted by Gasteiger charge is -2.23. The largest absolute Gasteiger partial charge is 0.269 e. The van der Waals surface area contributed by atoms with E-state index in [4.69, 9.17) is 0 Å². The lowest BCUT2D eigenvalue weighted by molar-refractivity contribution is -0.384. The van der Waals surface area contributed by atoms with Crippen LogP contribution in [-0.4, -0.2) is 4.92 Å². The van der Waals surface area contributed by atoms with E-state index in [-0.39, 0.29) is 11.6 Å². The summed E-state index contributed by atoms with van der Waals surface area (Å²) in [4.78, 5) is 10.4. The van der Waals surface area contributed by atoms with Gasteiger partial charge in [-0.2, -0.15) is 10.5 Å². The third kappa shape index (κ3) is 2.96. The molecule has 2 aromatic rings. The van der Waals surface area contributed by atoms with Crippen molar-refractivity contribution in [2.45, 2.75) is 0 Å². The lowest BCUT2D eigenvalue weighted by atomic mass is 9.73. The molecule has 0 aromatic heterocycles. The fraction of sp³-hybridized carbons (Fsp3) is 0.0833. The zero-order valence-corrected chi connectivity index (χ0v) is 15.3. The zero-order chi connectivity index (χ0) is 20.4. The van der Waals surface area contributed by atoms with E-state index in [1.54, 1.807) is 12.1 Å². The summed E-state index contributed by atoms with van der Waals surface area (Å²) in [5, 5.41) is 30.8. The molecule has 0 N–H and O–H groups in total. The minimum atomic E-state index is -1.30. The minimum absolute atomic E-state index is 0.0330. The highest BCUT2D eigenvalue weighted by molar-refractivity contribution is 5.85. The fourth-order valence-corrected chi connectivity index (χ4v) is 3.82. The Morgan fingerprint density at radius 3 is 2.24 bits per heavy atom. The Hall–Kier alpha value is -4.22. The number of rotatable bonds is 3. The number of hydrogen-bond acceptors (Lipinski definition) is 4. The van der Waals surface area contributed by atoms with Crippen LogP contribution in [0.2, 0.25) is 0 Å². The summed E-state index contributed by atoms with van der Waals surface area (Å²) in [6.07, 6.45) is 9.51. The van der Waals surface area contributed by atoms with Crippen molar-refractivity contribution in [1.29, 1.82) is 10.5 Å². The van der Waals surface area contributed by atoms with Crippen LogP contribution < -0.4 is 0 Å². The Labute approximate surface area is 168 Å². The number of nitro benzene ring substituents is 1. The van der Waals surface area contributed by atoms with Gasteiger partial charge in [0, 0.05) is 18.1 Å². The number of nitro groups is 1. The van der Waals surface area contributed by atoms with E-state index in [1.165, 1.54) is 12.1 Å². The molecule has 1 atom stereocenters. The highest BCUT2D eigenvalue weighted by atomic mass is 16.6. The molecule has 2 aliphatic rings. The predicted octanol–water partition coefficient (Wildman–Crippen LogP) is 5.22. The standard InChI is InChI=1S/C24H15N3O2/c25-15-24(16-26)22-13-10-17(18-8-11-21(12-9-18)27(28)29)6-7-20(22)14-23(24)19-4-2-1-3-5-19/h1-14,22H. The van der Waals surface area contributed by atoms with Crippen LogP contribution in [0.4, 0.5) is 5.69 Å². The van der Waals surface area contributed by atoms with Gasteiger partial charge in [0.25, 0.3) is 5.69 Å². The highest BCUT2D eigenvalue weighted by Gasteiger charge is 2.48. The fourth-order valence-electron chi connectivity index (χ4n) is 3.82. The number of benzene rings is 2. The minimum Gasteiger partial charge on any atom is -0.258 e. The summed E-state index contributed by atoms with van der Waals surface area (Å²) in [6.45, 7) is 0. The first kappa shape index (κ1) is 18.2. The van der Waals surface area contributed by atoms with Crippen molar-refractivity contribution in [1.82, 2.24) is 0 Å². The van der Waals surface area contributed by atoms with Crippen molar-refractivity contribution >= 4 is 16.8 Å². The third-order valence-electron chi connectivity index (χ3n) is 5.33. The molecule has 0 aliphatic heterocycles. The molecule has 4 rings (SSSR count). The Morgan fingerprint density at radius 2 is 1.62 bits per heavy atom. The van der Waals surface area contributed by atoms with Gasteiger partial charge in [0.1, 0.15) is 0 Å². The lowest BCUT2D eigenvalue weighted by Crippen LogP contribution is -2.24. The van der Waals surface area contributed by atoms with Crippen molar-refractivity contribution in [3.63, 3.8) is 0 Å². The van der Waals surface area contributed by atoms with Crippen LogP contribution in [0.3, 0.4) is 0 Å². The monoisotopic (exact) mass is 377 g/mol. The number of fused-ring (bicyclic) bond motifs is 1. The second-order valence-electron chi connectivity index (χ2n) is 6.89. The number of allylic oxidation sites excluding steroid dienone is 8. The van der Waals surface area contributed by atoms with Crippen LogP contribution in [-0.2, 0) is 0 Å². The van der Waals surface area contributed by atoms with Gasteiger partial charge in [0.2, 0.25) is 0 Å². The van der Waals surface area contributed by atoms with Gasteiger partial charge in [-0.15, -0.1) is 0 Å². The third-order valence-corrected chi connectivity index (χ3v) is 5.33. The first-order valence-corrected chi connectivity index (χ1v) is 9.04. The van der Waals surface area contributed by atoms with Gasteiger partial charge in [-0.05, 0) is 40.0 Å². The van der Waals surface area contributed by atoms with E-state index in [9.17, 15) is 20.6 Å². The molecule has 0 bridgehead atoms. The maximum atomic E-state index is 10.9. The molecule has 0 saturated heterocycles. The Morgan fingerprint density at radius 1 is 0.931 bits per heavy atom. The maximum Gasteiger partial charge on any atom is 0.269 e. The second kappa shape index (κ2) is 7.07. The van der Waals surface area contributed by atoms with E-state index in [0.717, 1.165) is 22.3 Å². The van der Waals surface area contributed by atoms with Gasteiger partial charge in [0.15, 0.2) is 5.41 Å². The summed E-state index contributed by atoms with van der Waals surface area (Å²) in [5.74, 6) is -0.389. The molecule has 1 unspecified atom stereocenters. The van der Waals surface area contributed by atoms with E-state index >= 15 is 0 Å². The second-order valence-corrected chi connectivity index (χ2v) is 6.89. The molecule has 2 aliphatic carbocycles. The van der Waals surface area contributed by atoms with E-state index < -0.39 is 10.3 Å². The topological polar surface area (TPSA) is 90.7 Å². The molecule has 138 valence electrons. The van der Waals surface area contributed by atoms with Crippen LogP contribution in [0.15, 0.2) is 90.6 Å². The summed E-state index contributed by atoms with van der Waals surface area (Å²) in [7, 11) is 0. The predicted molar refractivity (Wildman–Crippen MR) is 110 cm³/mol. The van der Waals surface area contributed by atoms with Gasteiger partial charge in [-0.25, -0.2) is 0 Å². The molecular formula is C24H15N3O2. The Balaban J connectivity index is 1.78. The molecular weight excluding hydrogens is 362 g/mol. The van der Waals surface area contributed by atoms with Gasteiger partial charge in [-0.3, -0.25) is 10.1 Å². The van der Waals surface area contributed by atoms with Crippen molar-refractivity contribution in [3.05, 3.63) is 112 Å². The van der Waals surface area contributed by atoms with Gasteiger partial charge >= 0.3 is 0 Å². The van der Waals surface area contributed by atoms with Gasteiger partial charge < -0.3 is 0 Å². The number of nitriles is 2. The van der Waals surface area contributed by atoms with Crippen molar-refractivity contribution in [2.24, 2.45) is 11.3 Å². The quantitative estimate of drug-likeness (QED) is 0.541. The maximum absolute atomic E-state index is 10.9. The smallest absolute Gasteiger partial charge is 0.258 e. The van der Waals surface area contributed by atoms with E-state index in [1.807, 2.05) is 60.7 Å². The SMILES string of the molecule is N#CC1(C#N)C(c2ccccc2)=CC2=CC=C(c3ccc([N+](=O)[O-])cc3)C=CC21. The molecule has 0 saturated carbocycles. The van der Waals surface area contributed by atoms with Crippen LogP contribution >= 0.6 is 0 Å². The van der Waals surface area contributed by atoms with Gasteiger partial charge in [0.05, 0.1) is 17.1 Å². The normalized spacial score (nSPS) is 19.0. The molecule has 29 heavy (non-hydrogen) atoms. The van der Waals surface area contributed by atoms with E-state index in [0.29, 0.717) is 5.57 Å². The number of non-ortho nitro benzene ring substituents is 1.